The molecule has 0 aliphatic carbocycles. The van der Waals surface area contributed by atoms with Crippen molar-refractivity contribution >= 4 is 5.97 Å². The summed E-state index contributed by atoms with van der Waals surface area (Å²) in [7, 11) is 1.61. The van der Waals surface area contributed by atoms with Gasteiger partial charge in [0.2, 0.25) is 0 Å². The summed E-state index contributed by atoms with van der Waals surface area (Å²) < 4.78 is 14.4. The topological polar surface area (TPSA) is 67.5 Å². The van der Waals surface area contributed by atoms with E-state index < -0.39 is 12.3 Å². The standard InChI is InChI=1S/C11H16FN3O2/c1-6(2)9-8(11(16)17)5-13-15(4)10(9)14-7(3)12/h5-7H,1-4H3,(H,16,17)/b14-10-. The lowest BCUT2D eigenvalue weighted by molar-refractivity contribution is 0.0694. The Morgan fingerprint density at radius 2 is 2.12 bits per heavy atom. The molecule has 0 aliphatic heterocycles. The predicted octanol–water partition coefficient (Wildman–Crippen LogP) is 1.46. The molecular formula is C11H16FN3O2. The smallest absolute Gasteiger partial charge is 0.337 e. The van der Waals surface area contributed by atoms with E-state index in [1.165, 1.54) is 17.8 Å². The van der Waals surface area contributed by atoms with Gasteiger partial charge in [0.05, 0.1) is 11.8 Å². The van der Waals surface area contributed by atoms with Crippen molar-refractivity contribution in [2.24, 2.45) is 12.0 Å². The van der Waals surface area contributed by atoms with Gasteiger partial charge in [0.15, 0.2) is 11.8 Å². The summed E-state index contributed by atoms with van der Waals surface area (Å²) in [6.07, 6.45) is -0.135. The quantitative estimate of drug-likeness (QED) is 0.814. The van der Waals surface area contributed by atoms with Gasteiger partial charge in [-0.15, -0.1) is 0 Å². The van der Waals surface area contributed by atoms with E-state index in [1.54, 1.807) is 7.05 Å². The molecule has 5 nitrogen and oxygen atoms in total. The molecule has 1 heterocycles. The van der Waals surface area contributed by atoms with Crippen LogP contribution >= 0.6 is 0 Å². The molecule has 0 aliphatic rings. The number of carbonyl (C=O) groups is 1. The molecule has 1 aromatic rings. The predicted molar refractivity (Wildman–Crippen MR) is 60.4 cm³/mol. The molecule has 1 N–H and O–H groups in total. The average molecular weight is 241 g/mol. The fraction of sp³-hybridized carbons (Fsp3) is 0.545. The molecule has 1 rings (SSSR count). The number of rotatable bonds is 3. The molecule has 0 bridgehead atoms. The highest BCUT2D eigenvalue weighted by molar-refractivity contribution is 5.88. The molecule has 0 saturated carbocycles. The van der Waals surface area contributed by atoms with Gasteiger partial charge < -0.3 is 5.11 Å². The lowest BCUT2D eigenvalue weighted by Crippen LogP contribution is -2.30. The molecule has 0 spiro atoms. The van der Waals surface area contributed by atoms with Crippen LogP contribution in [0.3, 0.4) is 0 Å². The van der Waals surface area contributed by atoms with Crippen molar-refractivity contribution < 1.29 is 14.3 Å². The Labute approximate surface area is 98.6 Å². The summed E-state index contributed by atoms with van der Waals surface area (Å²) in [6.45, 7) is 4.96. The van der Waals surface area contributed by atoms with Crippen molar-refractivity contribution in [1.29, 1.82) is 0 Å². The highest BCUT2D eigenvalue weighted by atomic mass is 19.1. The number of halogens is 1. The Morgan fingerprint density at radius 3 is 2.53 bits per heavy atom. The molecular weight excluding hydrogens is 225 g/mol. The van der Waals surface area contributed by atoms with Crippen LogP contribution in [0.2, 0.25) is 0 Å². The minimum absolute atomic E-state index is 0.0671. The van der Waals surface area contributed by atoms with E-state index in [-0.39, 0.29) is 17.0 Å². The van der Waals surface area contributed by atoms with Crippen molar-refractivity contribution in [2.45, 2.75) is 33.0 Å². The molecule has 0 fully saturated rings. The largest absolute Gasteiger partial charge is 0.478 e. The Morgan fingerprint density at radius 1 is 1.53 bits per heavy atom. The van der Waals surface area contributed by atoms with Gasteiger partial charge in [-0.3, -0.25) is 4.68 Å². The zero-order valence-electron chi connectivity index (χ0n) is 10.3. The number of alkyl halides is 1. The Kier molecular flexibility index (Phi) is 3.98. The van der Waals surface area contributed by atoms with Gasteiger partial charge in [-0.1, -0.05) is 13.8 Å². The Bertz CT molecular complexity index is 492. The van der Waals surface area contributed by atoms with Gasteiger partial charge in [0.25, 0.3) is 0 Å². The molecule has 1 aromatic heterocycles. The molecule has 1 atom stereocenters. The first-order chi connectivity index (χ1) is 7.84. The number of aromatic nitrogens is 2. The van der Waals surface area contributed by atoms with Crippen LogP contribution in [0.4, 0.5) is 4.39 Å². The first kappa shape index (κ1) is 13.3. The zero-order chi connectivity index (χ0) is 13.2. The monoisotopic (exact) mass is 241 g/mol. The Balaban J connectivity index is 3.67. The van der Waals surface area contributed by atoms with E-state index in [1.807, 2.05) is 13.8 Å². The molecule has 0 aromatic carbocycles. The number of nitrogens with zero attached hydrogens (tertiary/aromatic N) is 3. The maximum absolute atomic E-state index is 13.0. The van der Waals surface area contributed by atoms with E-state index in [0.29, 0.717) is 5.56 Å². The molecule has 17 heavy (non-hydrogen) atoms. The normalized spacial score (nSPS) is 14.1. The fourth-order valence-corrected chi connectivity index (χ4v) is 1.62. The SMILES string of the molecule is CC(F)/N=c1/c(C(C)C)c(C(=O)O)cnn1C. The minimum Gasteiger partial charge on any atom is -0.478 e. The van der Waals surface area contributed by atoms with Crippen LogP contribution in [0.1, 0.15) is 42.6 Å². The molecule has 0 amide bonds. The highest BCUT2D eigenvalue weighted by Gasteiger charge is 2.17. The summed E-state index contributed by atoms with van der Waals surface area (Å²) >= 11 is 0. The van der Waals surface area contributed by atoms with Gasteiger partial charge in [-0.2, -0.15) is 5.10 Å². The third kappa shape index (κ3) is 2.89. The number of aromatic carboxylic acids is 1. The number of hydrogen-bond donors (Lipinski definition) is 1. The first-order valence-electron chi connectivity index (χ1n) is 5.32. The summed E-state index contributed by atoms with van der Waals surface area (Å²) in [5.41, 5.74) is 0.840. The van der Waals surface area contributed by atoms with Crippen LogP contribution < -0.4 is 5.49 Å². The van der Waals surface area contributed by atoms with Gasteiger partial charge >= 0.3 is 5.97 Å². The number of aryl methyl sites for hydroxylation is 1. The van der Waals surface area contributed by atoms with Crippen LogP contribution in [-0.4, -0.2) is 27.2 Å². The van der Waals surface area contributed by atoms with Crippen LogP contribution in [-0.2, 0) is 7.05 Å². The van der Waals surface area contributed by atoms with Crippen LogP contribution in [0, 0.1) is 0 Å². The molecule has 0 radical (unpaired) electrons. The third-order valence-electron chi connectivity index (χ3n) is 2.31. The number of hydrogen-bond acceptors (Lipinski definition) is 3. The van der Waals surface area contributed by atoms with Crippen molar-refractivity contribution in [3.63, 3.8) is 0 Å². The summed E-state index contributed by atoms with van der Waals surface area (Å²) in [5.74, 6) is -1.16. The molecule has 6 heteroatoms. The highest BCUT2D eigenvalue weighted by Crippen LogP contribution is 2.14. The number of carboxylic acid groups (broad SMARTS) is 1. The second-order valence-corrected chi connectivity index (χ2v) is 4.08. The van der Waals surface area contributed by atoms with E-state index in [4.69, 9.17) is 5.11 Å². The van der Waals surface area contributed by atoms with Gasteiger partial charge in [-0.05, 0) is 12.8 Å². The first-order valence-corrected chi connectivity index (χ1v) is 5.32. The van der Waals surface area contributed by atoms with Crippen LogP contribution in [0.25, 0.3) is 0 Å². The maximum Gasteiger partial charge on any atom is 0.337 e. The van der Waals surface area contributed by atoms with Gasteiger partial charge in [0.1, 0.15) is 0 Å². The molecule has 0 saturated heterocycles. The van der Waals surface area contributed by atoms with Crippen molar-refractivity contribution in [2.75, 3.05) is 0 Å². The fourth-order valence-electron chi connectivity index (χ4n) is 1.62. The third-order valence-corrected chi connectivity index (χ3v) is 2.31. The average Bonchev–Trinajstić information content (AvgIpc) is 2.19. The summed E-state index contributed by atoms with van der Waals surface area (Å²) in [6, 6.07) is 0. The van der Waals surface area contributed by atoms with Gasteiger partial charge in [0, 0.05) is 12.6 Å². The summed E-state index contributed by atoms with van der Waals surface area (Å²) in [4.78, 5) is 14.9. The van der Waals surface area contributed by atoms with Crippen molar-refractivity contribution in [1.82, 2.24) is 9.78 Å². The zero-order valence-corrected chi connectivity index (χ0v) is 10.3. The van der Waals surface area contributed by atoms with Gasteiger partial charge in [-0.25, -0.2) is 14.2 Å². The lowest BCUT2D eigenvalue weighted by atomic mass is 10.00. The second-order valence-electron chi connectivity index (χ2n) is 4.08. The summed E-state index contributed by atoms with van der Waals surface area (Å²) in [5, 5.41) is 13.0. The number of carboxylic acids is 1. The van der Waals surface area contributed by atoms with E-state index in [0.717, 1.165) is 0 Å². The Hall–Kier alpha value is -1.72. The van der Waals surface area contributed by atoms with Crippen LogP contribution in [0.15, 0.2) is 11.2 Å². The van der Waals surface area contributed by atoms with Crippen molar-refractivity contribution in [3.8, 4) is 0 Å². The molecule has 1 unspecified atom stereocenters. The van der Waals surface area contributed by atoms with Crippen molar-refractivity contribution in [3.05, 3.63) is 22.8 Å². The molecule has 94 valence electrons. The lowest BCUT2D eigenvalue weighted by Gasteiger charge is -2.12. The van der Waals surface area contributed by atoms with E-state index in [9.17, 15) is 9.18 Å². The van der Waals surface area contributed by atoms with Crippen LogP contribution in [0.5, 0.6) is 0 Å². The minimum atomic E-state index is -1.40. The second kappa shape index (κ2) is 5.07. The van der Waals surface area contributed by atoms with E-state index >= 15 is 0 Å². The van der Waals surface area contributed by atoms with E-state index in [2.05, 4.69) is 10.1 Å². The maximum atomic E-state index is 13.0.